The number of benzene rings is 2. The summed E-state index contributed by atoms with van der Waals surface area (Å²) in [7, 11) is 0. The predicted molar refractivity (Wildman–Crippen MR) is 113 cm³/mol. The molecule has 0 aliphatic carbocycles. The van der Waals surface area contributed by atoms with Crippen LogP contribution in [-0.2, 0) is 36.9 Å². The number of ketones is 1. The van der Waals surface area contributed by atoms with Gasteiger partial charge in [-0.3, -0.25) is 14.4 Å². The summed E-state index contributed by atoms with van der Waals surface area (Å²) in [6, 6.07) is 15.4. The molecule has 6 heteroatoms. The fourth-order valence-corrected chi connectivity index (χ4v) is 3.23. The Morgan fingerprint density at radius 2 is 1.42 bits per heavy atom. The molecule has 0 aromatic heterocycles. The van der Waals surface area contributed by atoms with Crippen molar-refractivity contribution in [2.75, 3.05) is 0 Å². The highest BCUT2D eigenvalue weighted by Gasteiger charge is 2.32. The zero-order chi connectivity index (χ0) is 22.2. The Bertz CT molecular complexity index is 1060. The van der Waals surface area contributed by atoms with Gasteiger partial charge in [0.2, 0.25) is 0 Å². The first-order valence-electron chi connectivity index (χ1n) is 10.2. The first-order valence-corrected chi connectivity index (χ1v) is 10.2. The minimum Gasteiger partial charge on any atom is -0.330 e. The van der Waals surface area contributed by atoms with Crippen LogP contribution in [0.3, 0.4) is 0 Å². The van der Waals surface area contributed by atoms with Crippen LogP contribution in [0.25, 0.3) is 0 Å². The van der Waals surface area contributed by atoms with Gasteiger partial charge in [-0.15, -0.1) is 5.06 Å². The van der Waals surface area contributed by atoms with E-state index in [1.165, 1.54) is 0 Å². The lowest BCUT2D eigenvalue weighted by molar-refractivity contribution is -0.197. The van der Waals surface area contributed by atoms with Gasteiger partial charge in [0.05, 0.1) is 6.42 Å². The van der Waals surface area contributed by atoms with Crippen molar-refractivity contribution in [3.8, 4) is 11.8 Å². The van der Waals surface area contributed by atoms with E-state index in [-0.39, 0.29) is 37.9 Å². The van der Waals surface area contributed by atoms with Crippen molar-refractivity contribution in [1.29, 1.82) is 0 Å². The average Bonchev–Trinajstić information content (AvgIpc) is 3.09. The minimum atomic E-state index is -0.777. The van der Waals surface area contributed by atoms with E-state index in [9.17, 15) is 19.2 Å². The lowest BCUT2D eigenvalue weighted by atomic mass is 9.99. The highest BCUT2D eigenvalue weighted by molar-refractivity contribution is 6.01. The fourth-order valence-electron chi connectivity index (χ4n) is 3.23. The second kappa shape index (κ2) is 10.4. The maximum Gasteiger partial charge on any atom is 0.333 e. The molecule has 1 aliphatic heterocycles. The number of carbonyl (C=O) groups excluding carboxylic acids is 4. The number of Topliss-reactive ketones (excluding diaryl/α,β-unsaturated/α-hetero) is 1. The zero-order valence-corrected chi connectivity index (χ0v) is 17.3. The lowest BCUT2D eigenvalue weighted by Crippen LogP contribution is -2.32. The van der Waals surface area contributed by atoms with Crippen LogP contribution in [0.1, 0.15) is 54.9 Å². The number of hydrogen-bond acceptors (Lipinski definition) is 5. The number of rotatable bonds is 7. The lowest BCUT2D eigenvalue weighted by Gasteiger charge is -2.12. The molecule has 2 aromatic rings. The Morgan fingerprint density at radius 1 is 0.871 bits per heavy atom. The molecule has 0 radical (unpaired) electrons. The second-order valence-corrected chi connectivity index (χ2v) is 7.18. The number of amides is 2. The third-order valence-corrected chi connectivity index (χ3v) is 4.94. The predicted octanol–water partition coefficient (Wildman–Crippen LogP) is 3.15. The summed E-state index contributed by atoms with van der Waals surface area (Å²) in [5.41, 5.74) is 3.67. The molecule has 31 heavy (non-hydrogen) atoms. The van der Waals surface area contributed by atoms with E-state index in [4.69, 9.17) is 4.84 Å². The highest BCUT2D eigenvalue weighted by atomic mass is 16.7. The number of hydrogen-bond donors (Lipinski definition) is 0. The van der Waals surface area contributed by atoms with Gasteiger partial charge in [-0.05, 0) is 29.7 Å². The van der Waals surface area contributed by atoms with Crippen molar-refractivity contribution in [2.45, 2.75) is 45.4 Å². The van der Waals surface area contributed by atoms with Crippen LogP contribution in [0.2, 0.25) is 0 Å². The van der Waals surface area contributed by atoms with Gasteiger partial charge < -0.3 is 4.84 Å². The molecule has 0 spiro atoms. The summed E-state index contributed by atoms with van der Waals surface area (Å²) in [6.45, 7) is 2.08. The number of hydroxylamine groups is 2. The summed E-state index contributed by atoms with van der Waals surface area (Å²) in [4.78, 5) is 52.1. The molecule has 1 saturated heterocycles. The second-order valence-electron chi connectivity index (χ2n) is 7.18. The smallest absolute Gasteiger partial charge is 0.330 e. The van der Waals surface area contributed by atoms with Gasteiger partial charge in [0.1, 0.15) is 5.78 Å². The van der Waals surface area contributed by atoms with E-state index in [0.717, 1.165) is 28.7 Å². The van der Waals surface area contributed by atoms with Crippen LogP contribution in [-0.4, -0.2) is 28.6 Å². The molecule has 0 N–H and O–H groups in total. The van der Waals surface area contributed by atoms with E-state index in [2.05, 4.69) is 18.8 Å². The van der Waals surface area contributed by atoms with Gasteiger partial charge in [-0.1, -0.05) is 55.2 Å². The Kier molecular flexibility index (Phi) is 7.34. The SMILES string of the molecule is CCc1ccccc1C#Cc1ccccc1CC(=O)CCC(=O)ON1C(=O)CCC1=O. The van der Waals surface area contributed by atoms with Crippen LogP contribution < -0.4 is 0 Å². The normalized spacial score (nSPS) is 13.0. The molecular formula is C25H23NO5. The van der Waals surface area contributed by atoms with Crippen molar-refractivity contribution in [1.82, 2.24) is 5.06 Å². The largest absolute Gasteiger partial charge is 0.333 e. The summed E-state index contributed by atoms with van der Waals surface area (Å²) in [5.74, 6) is 4.34. The third-order valence-electron chi connectivity index (χ3n) is 4.94. The first-order chi connectivity index (χ1) is 15.0. The van der Waals surface area contributed by atoms with E-state index < -0.39 is 17.8 Å². The summed E-state index contributed by atoms with van der Waals surface area (Å²) >= 11 is 0. The van der Waals surface area contributed by atoms with Gasteiger partial charge in [-0.2, -0.15) is 0 Å². The molecule has 0 atom stereocenters. The zero-order valence-electron chi connectivity index (χ0n) is 17.3. The van der Waals surface area contributed by atoms with Gasteiger partial charge in [0, 0.05) is 36.8 Å². The number of carbonyl (C=O) groups is 4. The van der Waals surface area contributed by atoms with Crippen LogP contribution in [0.5, 0.6) is 0 Å². The van der Waals surface area contributed by atoms with Crippen molar-refractivity contribution >= 4 is 23.6 Å². The van der Waals surface area contributed by atoms with Crippen LogP contribution in [0.15, 0.2) is 48.5 Å². The molecule has 1 heterocycles. The summed E-state index contributed by atoms with van der Waals surface area (Å²) < 4.78 is 0. The fraction of sp³-hybridized carbons (Fsp3) is 0.280. The maximum absolute atomic E-state index is 12.4. The topological polar surface area (TPSA) is 80.8 Å². The Balaban J connectivity index is 1.60. The van der Waals surface area contributed by atoms with Crippen LogP contribution in [0, 0.1) is 11.8 Å². The summed E-state index contributed by atoms with van der Waals surface area (Å²) in [5, 5.41) is 0.492. The summed E-state index contributed by atoms with van der Waals surface area (Å²) in [6.07, 6.45) is 0.838. The van der Waals surface area contributed by atoms with E-state index >= 15 is 0 Å². The van der Waals surface area contributed by atoms with Gasteiger partial charge in [0.25, 0.3) is 11.8 Å². The molecule has 3 rings (SSSR count). The number of imide groups is 1. The minimum absolute atomic E-state index is 0.0333. The molecule has 6 nitrogen and oxygen atoms in total. The van der Waals surface area contributed by atoms with Gasteiger partial charge in [0.15, 0.2) is 0 Å². The molecule has 0 bridgehead atoms. The molecule has 0 saturated carbocycles. The molecule has 2 amide bonds. The Hall–Kier alpha value is -3.72. The van der Waals surface area contributed by atoms with Crippen molar-refractivity contribution in [2.24, 2.45) is 0 Å². The number of aryl methyl sites for hydroxylation is 1. The van der Waals surface area contributed by atoms with Crippen molar-refractivity contribution in [3.05, 3.63) is 70.8 Å². The third kappa shape index (κ3) is 5.89. The van der Waals surface area contributed by atoms with Crippen LogP contribution >= 0.6 is 0 Å². The van der Waals surface area contributed by atoms with E-state index in [1.807, 2.05) is 48.5 Å². The van der Waals surface area contributed by atoms with Crippen LogP contribution in [0.4, 0.5) is 0 Å². The molecular weight excluding hydrogens is 394 g/mol. The molecule has 1 fully saturated rings. The van der Waals surface area contributed by atoms with Gasteiger partial charge >= 0.3 is 5.97 Å². The van der Waals surface area contributed by atoms with Crippen molar-refractivity contribution in [3.63, 3.8) is 0 Å². The highest BCUT2D eigenvalue weighted by Crippen LogP contribution is 2.15. The Labute approximate surface area is 181 Å². The molecule has 2 aromatic carbocycles. The first kappa shape index (κ1) is 22.0. The molecule has 1 aliphatic rings. The standard InChI is InChI=1S/C25H23NO5/c1-2-18-7-3-4-8-19(18)11-12-20-9-5-6-10-21(20)17-22(27)13-16-25(30)31-26-23(28)14-15-24(26)29/h3-10H,2,13-17H2,1H3. The van der Waals surface area contributed by atoms with Gasteiger partial charge in [-0.25, -0.2) is 4.79 Å². The monoisotopic (exact) mass is 417 g/mol. The molecule has 0 unspecified atom stereocenters. The van der Waals surface area contributed by atoms with Crippen molar-refractivity contribution < 1.29 is 24.0 Å². The number of nitrogens with zero attached hydrogens (tertiary/aromatic N) is 1. The average molecular weight is 417 g/mol. The molecule has 158 valence electrons. The quantitative estimate of drug-likeness (QED) is 0.511. The van der Waals surface area contributed by atoms with E-state index in [1.54, 1.807) is 0 Å². The maximum atomic E-state index is 12.4. The Morgan fingerprint density at radius 3 is 2.03 bits per heavy atom. The van der Waals surface area contributed by atoms with E-state index in [0.29, 0.717) is 5.06 Å².